The van der Waals surface area contributed by atoms with E-state index in [1.54, 1.807) is 0 Å². The highest BCUT2D eigenvalue weighted by Crippen LogP contribution is 2.31. The van der Waals surface area contributed by atoms with Gasteiger partial charge in [-0.2, -0.15) is 0 Å². The highest BCUT2D eigenvalue weighted by Gasteiger charge is 2.13. The molecule has 1 fully saturated rings. The predicted octanol–water partition coefficient (Wildman–Crippen LogP) is 4.88. The second kappa shape index (κ2) is 7.80. The number of ether oxygens (including phenoxy) is 1. The van der Waals surface area contributed by atoms with Crippen molar-refractivity contribution >= 4 is 15.9 Å². The molecule has 0 bridgehead atoms. The van der Waals surface area contributed by atoms with Gasteiger partial charge in [-0.1, -0.05) is 36.4 Å². The minimum absolute atomic E-state index is 0.760. The first-order valence-corrected chi connectivity index (χ1v) is 8.81. The molecule has 2 aromatic carbocycles. The number of rotatable bonds is 5. The highest BCUT2D eigenvalue weighted by molar-refractivity contribution is 9.10. The van der Waals surface area contributed by atoms with Gasteiger partial charge in [0.25, 0.3) is 0 Å². The monoisotopic (exact) mass is 359 g/mol. The van der Waals surface area contributed by atoms with Crippen molar-refractivity contribution in [1.82, 2.24) is 5.32 Å². The second-order valence-electron chi connectivity index (χ2n) is 5.86. The molecule has 1 N–H and O–H groups in total. The van der Waals surface area contributed by atoms with Crippen molar-refractivity contribution in [2.24, 2.45) is 5.92 Å². The molecule has 1 aliphatic heterocycles. The maximum Gasteiger partial charge on any atom is 0.133 e. The summed E-state index contributed by atoms with van der Waals surface area (Å²) in [6.45, 7) is 3.09. The molecule has 0 spiro atoms. The molecule has 3 rings (SSSR count). The van der Waals surface area contributed by atoms with Gasteiger partial charge < -0.3 is 10.1 Å². The third-order valence-corrected chi connectivity index (χ3v) is 4.84. The Morgan fingerprint density at radius 3 is 2.68 bits per heavy atom. The normalized spacial score (nSPS) is 18.1. The maximum absolute atomic E-state index is 5.96. The number of benzene rings is 2. The van der Waals surface area contributed by atoms with E-state index in [2.05, 4.69) is 63.7 Å². The van der Waals surface area contributed by atoms with E-state index in [1.807, 2.05) is 6.07 Å². The van der Waals surface area contributed by atoms with Crippen LogP contribution in [0.25, 0.3) is 11.1 Å². The quantitative estimate of drug-likeness (QED) is 0.820. The molecule has 0 saturated carbocycles. The molecule has 0 amide bonds. The lowest BCUT2D eigenvalue weighted by Crippen LogP contribution is -2.30. The van der Waals surface area contributed by atoms with Crippen LogP contribution < -0.4 is 10.1 Å². The maximum atomic E-state index is 5.96. The molecule has 0 aliphatic carbocycles. The molecule has 1 heterocycles. The van der Waals surface area contributed by atoms with Gasteiger partial charge in [0.1, 0.15) is 5.75 Å². The average molecular weight is 360 g/mol. The van der Waals surface area contributed by atoms with E-state index in [1.165, 1.54) is 30.5 Å². The first-order chi connectivity index (χ1) is 10.8. The van der Waals surface area contributed by atoms with Gasteiger partial charge in [0.05, 0.1) is 11.1 Å². The molecule has 1 saturated heterocycles. The fourth-order valence-electron chi connectivity index (χ4n) is 2.93. The minimum atomic E-state index is 0.760. The van der Waals surface area contributed by atoms with Gasteiger partial charge in [-0.25, -0.2) is 0 Å². The molecule has 3 heteroatoms. The van der Waals surface area contributed by atoms with E-state index in [0.717, 1.165) is 35.7 Å². The average Bonchev–Trinajstić information content (AvgIpc) is 2.58. The summed E-state index contributed by atoms with van der Waals surface area (Å²) in [4.78, 5) is 0. The van der Waals surface area contributed by atoms with Gasteiger partial charge in [0.15, 0.2) is 0 Å². The fraction of sp³-hybridized carbons (Fsp3) is 0.368. The van der Waals surface area contributed by atoms with Gasteiger partial charge in [-0.3, -0.25) is 0 Å². The van der Waals surface area contributed by atoms with Crippen LogP contribution in [-0.2, 0) is 0 Å². The molecular formula is C19H22BrNO. The summed E-state index contributed by atoms with van der Waals surface area (Å²) >= 11 is 3.63. The molecule has 22 heavy (non-hydrogen) atoms. The summed E-state index contributed by atoms with van der Waals surface area (Å²) in [7, 11) is 0. The van der Waals surface area contributed by atoms with Crippen molar-refractivity contribution in [3.8, 4) is 16.9 Å². The second-order valence-corrected chi connectivity index (χ2v) is 6.72. The Morgan fingerprint density at radius 1 is 1.09 bits per heavy atom. The van der Waals surface area contributed by atoms with Gasteiger partial charge >= 0.3 is 0 Å². The van der Waals surface area contributed by atoms with Gasteiger partial charge in [0, 0.05) is 0 Å². The number of piperidine rings is 1. The van der Waals surface area contributed by atoms with Crippen molar-refractivity contribution in [1.29, 1.82) is 0 Å². The first kappa shape index (κ1) is 15.6. The summed E-state index contributed by atoms with van der Waals surface area (Å²) in [5, 5.41) is 3.46. The van der Waals surface area contributed by atoms with E-state index < -0.39 is 0 Å². The Kier molecular flexibility index (Phi) is 5.52. The number of hydrogen-bond donors (Lipinski definition) is 1. The summed E-state index contributed by atoms with van der Waals surface area (Å²) in [6.07, 6.45) is 3.74. The minimum Gasteiger partial charge on any atom is -0.492 e. The summed E-state index contributed by atoms with van der Waals surface area (Å²) in [5.74, 6) is 1.69. The molecule has 0 unspecified atom stereocenters. The molecule has 1 aliphatic rings. The first-order valence-electron chi connectivity index (χ1n) is 8.01. The van der Waals surface area contributed by atoms with Crippen molar-refractivity contribution in [3.63, 3.8) is 0 Å². The predicted molar refractivity (Wildman–Crippen MR) is 95.3 cm³/mol. The Bertz CT molecular complexity index is 594. The zero-order chi connectivity index (χ0) is 15.2. The Balaban J connectivity index is 1.58. The van der Waals surface area contributed by atoms with Crippen LogP contribution in [0.4, 0.5) is 0 Å². The van der Waals surface area contributed by atoms with Crippen molar-refractivity contribution in [2.75, 3.05) is 19.7 Å². The van der Waals surface area contributed by atoms with E-state index in [0.29, 0.717) is 0 Å². The number of nitrogens with one attached hydrogen (secondary N) is 1. The Hall–Kier alpha value is -1.32. The van der Waals surface area contributed by atoms with Crippen LogP contribution in [0.1, 0.15) is 19.3 Å². The summed E-state index contributed by atoms with van der Waals surface area (Å²) < 4.78 is 6.98. The van der Waals surface area contributed by atoms with Crippen molar-refractivity contribution in [3.05, 3.63) is 53.0 Å². The molecule has 2 nitrogen and oxygen atoms in total. The van der Waals surface area contributed by atoms with Crippen LogP contribution in [0.5, 0.6) is 5.75 Å². The lowest BCUT2D eigenvalue weighted by Gasteiger charge is -2.22. The number of hydrogen-bond acceptors (Lipinski definition) is 2. The van der Waals surface area contributed by atoms with Crippen LogP contribution in [0.3, 0.4) is 0 Å². The molecule has 116 valence electrons. The zero-order valence-electron chi connectivity index (χ0n) is 12.7. The van der Waals surface area contributed by atoms with Crippen molar-refractivity contribution in [2.45, 2.75) is 19.3 Å². The summed E-state index contributed by atoms with van der Waals surface area (Å²) in [6, 6.07) is 16.7. The lowest BCUT2D eigenvalue weighted by atomic mass is 9.97. The van der Waals surface area contributed by atoms with Crippen LogP contribution in [0.15, 0.2) is 53.0 Å². The lowest BCUT2D eigenvalue weighted by molar-refractivity contribution is 0.253. The van der Waals surface area contributed by atoms with Crippen LogP contribution in [-0.4, -0.2) is 19.7 Å². The molecular weight excluding hydrogens is 338 g/mol. The highest BCUT2D eigenvalue weighted by atomic mass is 79.9. The third kappa shape index (κ3) is 4.11. The molecule has 1 atom stereocenters. The van der Waals surface area contributed by atoms with Crippen LogP contribution in [0, 0.1) is 5.92 Å². The van der Waals surface area contributed by atoms with Crippen LogP contribution in [0.2, 0.25) is 0 Å². The SMILES string of the molecule is Brc1cc(-c2ccccc2)ccc1OCC[C@@H]1CCCNC1. The molecule has 0 aromatic heterocycles. The zero-order valence-corrected chi connectivity index (χ0v) is 14.3. The molecule has 2 aromatic rings. The van der Waals surface area contributed by atoms with Crippen molar-refractivity contribution < 1.29 is 4.74 Å². The van der Waals surface area contributed by atoms with Gasteiger partial charge in [-0.05, 0) is 77.5 Å². The van der Waals surface area contributed by atoms with E-state index in [4.69, 9.17) is 4.74 Å². The third-order valence-electron chi connectivity index (χ3n) is 4.22. The molecule has 0 radical (unpaired) electrons. The van der Waals surface area contributed by atoms with Crippen LogP contribution >= 0.6 is 15.9 Å². The fourth-order valence-corrected chi connectivity index (χ4v) is 3.43. The summed E-state index contributed by atoms with van der Waals surface area (Å²) in [5.41, 5.74) is 2.43. The van der Waals surface area contributed by atoms with Gasteiger partial charge in [0.2, 0.25) is 0 Å². The van der Waals surface area contributed by atoms with E-state index in [9.17, 15) is 0 Å². The Labute approximate surface area is 141 Å². The van der Waals surface area contributed by atoms with Gasteiger partial charge in [-0.15, -0.1) is 0 Å². The standard InChI is InChI=1S/C19H22BrNO/c20-18-13-17(16-6-2-1-3-7-16)8-9-19(18)22-12-10-15-5-4-11-21-14-15/h1-3,6-9,13,15,21H,4-5,10-12,14H2/t15-/m0/s1. The largest absolute Gasteiger partial charge is 0.492 e. The number of halogens is 1. The Morgan fingerprint density at radius 2 is 1.95 bits per heavy atom. The smallest absolute Gasteiger partial charge is 0.133 e. The topological polar surface area (TPSA) is 21.3 Å². The van der Waals surface area contributed by atoms with E-state index >= 15 is 0 Å². The van der Waals surface area contributed by atoms with E-state index in [-0.39, 0.29) is 0 Å².